The lowest BCUT2D eigenvalue weighted by atomic mass is 10.2. The van der Waals surface area contributed by atoms with Crippen molar-refractivity contribution >= 4 is 27.4 Å². The summed E-state index contributed by atoms with van der Waals surface area (Å²) < 4.78 is 30.1. The predicted molar refractivity (Wildman–Crippen MR) is 81.3 cm³/mol. The number of sulfonamides is 1. The molecule has 9 heteroatoms. The van der Waals surface area contributed by atoms with Gasteiger partial charge in [-0.2, -0.15) is 0 Å². The van der Waals surface area contributed by atoms with Crippen molar-refractivity contribution < 1.29 is 22.9 Å². The number of benzene rings is 1. The third-order valence-electron chi connectivity index (χ3n) is 2.94. The maximum atomic E-state index is 12.2. The Kier molecular flexibility index (Phi) is 5.86. The molecule has 8 nitrogen and oxygen atoms in total. The number of hydrogen-bond acceptors (Lipinski definition) is 6. The molecule has 0 N–H and O–H groups in total. The molecule has 0 atom stereocenters. The number of hydrogen-bond donors (Lipinski definition) is 0. The van der Waals surface area contributed by atoms with Gasteiger partial charge in [-0.3, -0.25) is 19.2 Å². The predicted octanol–water partition coefficient (Wildman–Crippen LogP) is 1.62. The number of carbonyl (C=O) groups is 1. The summed E-state index contributed by atoms with van der Waals surface area (Å²) in [6, 6.07) is 3.78. The van der Waals surface area contributed by atoms with E-state index in [-0.39, 0.29) is 23.7 Å². The molecule has 122 valence electrons. The highest BCUT2D eigenvalue weighted by atomic mass is 32.2. The molecule has 0 fully saturated rings. The van der Waals surface area contributed by atoms with Crippen LogP contribution in [0.25, 0.3) is 0 Å². The van der Waals surface area contributed by atoms with Gasteiger partial charge in [-0.15, -0.1) is 0 Å². The molecular formula is C13H18N2O6S. The minimum Gasteiger partial charge on any atom is -0.465 e. The lowest BCUT2D eigenvalue weighted by Gasteiger charge is -2.24. The zero-order chi connectivity index (χ0) is 16.9. The van der Waals surface area contributed by atoms with Gasteiger partial charge in [0.1, 0.15) is 6.54 Å². The first-order valence-electron chi connectivity index (χ1n) is 6.64. The quantitative estimate of drug-likeness (QED) is 0.427. The van der Waals surface area contributed by atoms with E-state index >= 15 is 0 Å². The number of non-ortho nitro benzene ring substituents is 1. The van der Waals surface area contributed by atoms with Gasteiger partial charge in [0.05, 0.1) is 23.0 Å². The van der Waals surface area contributed by atoms with E-state index in [2.05, 4.69) is 0 Å². The largest absolute Gasteiger partial charge is 0.465 e. The Balaban J connectivity index is 3.28. The number of carbonyl (C=O) groups excluding carboxylic acids is 1. The molecule has 0 saturated heterocycles. The van der Waals surface area contributed by atoms with Crippen molar-refractivity contribution in [2.45, 2.75) is 20.8 Å². The SMILES string of the molecule is CCOC(=O)CN(c1ccc([N+](=O)[O-])cc1C)S(=O)(=O)CC. The van der Waals surface area contributed by atoms with Gasteiger partial charge in [0.15, 0.2) is 0 Å². The highest BCUT2D eigenvalue weighted by molar-refractivity contribution is 7.92. The number of aryl methyl sites for hydroxylation is 1. The summed E-state index contributed by atoms with van der Waals surface area (Å²) >= 11 is 0. The summed E-state index contributed by atoms with van der Waals surface area (Å²) in [5.74, 6) is -0.889. The third kappa shape index (κ3) is 4.17. The molecule has 1 rings (SSSR count). The molecule has 0 aromatic heterocycles. The topological polar surface area (TPSA) is 107 Å². The average Bonchev–Trinajstić information content (AvgIpc) is 2.45. The maximum Gasteiger partial charge on any atom is 0.326 e. The van der Waals surface area contributed by atoms with E-state index in [1.54, 1.807) is 13.8 Å². The molecule has 0 aliphatic heterocycles. The highest BCUT2D eigenvalue weighted by Gasteiger charge is 2.26. The maximum absolute atomic E-state index is 12.2. The minimum atomic E-state index is -3.72. The molecule has 0 aliphatic carbocycles. The summed E-state index contributed by atoms with van der Waals surface area (Å²) in [6.45, 7) is 4.29. The number of esters is 1. The molecule has 22 heavy (non-hydrogen) atoms. The Morgan fingerprint density at radius 1 is 1.36 bits per heavy atom. The molecule has 0 radical (unpaired) electrons. The molecular weight excluding hydrogens is 312 g/mol. The summed E-state index contributed by atoms with van der Waals surface area (Å²) in [7, 11) is -3.72. The van der Waals surface area contributed by atoms with Gasteiger partial charge in [-0.1, -0.05) is 0 Å². The molecule has 0 bridgehead atoms. The highest BCUT2D eigenvalue weighted by Crippen LogP contribution is 2.27. The van der Waals surface area contributed by atoms with Crippen LogP contribution in [0.4, 0.5) is 11.4 Å². The summed E-state index contributed by atoms with van der Waals surface area (Å²) in [4.78, 5) is 21.8. The van der Waals surface area contributed by atoms with Gasteiger partial charge >= 0.3 is 5.97 Å². The van der Waals surface area contributed by atoms with E-state index in [9.17, 15) is 23.3 Å². The fourth-order valence-corrected chi connectivity index (χ4v) is 2.96. The molecule has 0 aliphatic rings. The van der Waals surface area contributed by atoms with E-state index in [0.717, 1.165) is 4.31 Å². The van der Waals surface area contributed by atoms with Crippen LogP contribution in [0.1, 0.15) is 19.4 Å². The van der Waals surface area contributed by atoms with Crippen LogP contribution in [0.5, 0.6) is 0 Å². The second-order valence-corrected chi connectivity index (χ2v) is 6.62. The fourth-order valence-electron chi connectivity index (χ4n) is 1.85. The second kappa shape index (κ2) is 7.21. The summed E-state index contributed by atoms with van der Waals surface area (Å²) in [5, 5.41) is 10.7. The van der Waals surface area contributed by atoms with Gasteiger partial charge in [0, 0.05) is 12.1 Å². The van der Waals surface area contributed by atoms with E-state index in [4.69, 9.17) is 4.74 Å². The number of ether oxygens (including phenoxy) is 1. The van der Waals surface area contributed by atoms with Crippen LogP contribution >= 0.6 is 0 Å². The van der Waals surface area contributed by atoms with E-state index < -0.39 is 27.5 Å². The van der Waals surface area contributed by atoms with Gasteiger partial charge in [0.2, 0.25) is 10.0 Å². The second-order valence-electron chi connectivity index (χ2n) is 4.44. The van der Waals surface area contributed by atoms with E-state index in [0.29, 0.717) is 5.56 Å². The lowest BCUT2D eigenvalue weighted by molar-refractivity contribution is -0.384. The fraction of sp³-hybridized carbons (Fsp3) is 0.462. The summed E-state index contributed by atoms with van der Waals surface area (Å²) in [6.07, 6.45) is 0. The number of anilines is 1. The molecule has 1 aromatic carbocycles. The molecule has 0 saturated carbocycles. The van der Waals surface area contributed by atoms with Gasteiger partial charge < -0.3 is 4.74 Å². The van der Waals surface area contributed by atoms with Crippen molar-refractivity contribution in [3.8, 4) is 0 Å². The monoisotopic (exact) mass is 330 g/mol. The standard InChI is InChI=1S/C13H18N2O6S/c1-4-21-13(16)9-14(22(19,20)5-2)12-7-6-11(15(17)18)8-10(12)3/h6-8H,4-5,9H2,1-3H3. The molecule has 1 aromatic rings. The van der Waals surface area contributed by atoms with Crippen LogP contribution in [-0.2, 0) is 19.6 Å². The van der Waals surface area contributed by atoms with Crippen LogP contribution in [0.2, 0.25) is 0 Å². The van der Waals surface area contributed by atoms with Crippen molar-refractivity contribution in [3.05, 3.63) is 33.9 Å². The van der Waals surface area contributed by atoms with Crippen LogP contribution in [-0.4, -0.2) is 38.2 Å². The first-order chi connectivity index (χ1) is 10.2. The van der Waals surface area contributed by atoms with Crippen molar-refractivity contribution in [2.24, 2.45) is 0 Å². The Labute approximate surface area is 128 Å². The van der Waals surface area contributed by atoms with Crippen molar-refractivity contribution in [1.82, 2.24) is 0 Å². The number of rotatable bonds is 7. The van der Waals surface area contributed by atoms with Crippen LogP contribution in [0, 0.1) is 17.0 Å². The number of nitrogens with zero attached hydrogens (tertiary/aromatic N) is 2. The normalized spacial score (nSPS) is 11.0. The van der Waals surface area contributed by atoms with Crippen molar-refractivity contribution in [2.75, 3.05) is 23.2 Å². The first-order valence-corrected chi connectivity index (χ1v) is 8.25. The summed E-state index contributed by atoms with van der Waals surface area (Å²) in [5.41, 5.74) is 0.460. The molecule has 0 heterocycles. The smallest absolute Gasteiger partial charge is 0.326 e. The van der Waals surface area contributed by atoms with Gasteiger partial charge in [-0.05, 0) is 32.4 Å². The molecule has 0 unspecified atom stereocenters. The molecule has 0 amide bonds. The van der Waals surface area contributed by atoms with Gasteiger partial charge in [0.25, 0.3) is 5.69 Å². The Bertz CT molecular complexity index is 671. The van der Waals surface area contributed by atoms with E-state index in [1.165, 1.54) is 25.1 Å². The zero-order valence-corrected chi connectivity index (χ0v) is 13.4. The third-order valence-corrected chi connectivity index (χ3v) is 4.67. The molecule has 0 spiro atoms. The number of nitro groups is 1. The Morgan fingerprint density at radius 2 is 2.00 bits per heavy atom. The van der Waals surface area contributed by atoms with Crippen LogP contribution in [0.3, 0.4) is 0 Å². The van der Waals surface area contributed by atoms with Crippen molar-refractivity contribution in [3.63, 3.8) is 0 Å². The van der Waals surface area contributed by atoms with E-state index in [1.807, 2.05) is 0 Å². The average molecular weight is 330 g/mol. The van der Waals surface area contributed by atoms with Gasteiger partial charge in [-0.25, -0.2) is 8.42 Å². The number of nitro benzene ring substituents is 1. The van der Waals surface area contributed by atoms with Crippen LogP contribution < -0.4 is 4.31 Å². The Hall–Kier alpha value is -2.16. The Morgan fingerprint density at radius 3 is 2.45 bits per heavy atom. The first kappa shape index (κ1) is 17.9. The van der Waals surface area contributed by atoms with Crippen molar-refractivity contribution in [1.29, 1.82) is 0 Å². The lowest BCUT2D eigenvalue weighted by Crippen LogP contribution is -2.38. The van der Waals surface area contributed by atoms with Crippen LogP contribution in [0.15, 0.2) is 18.2 Å². The minimum absolute atomic E-state index is 0.137. The zero-order valence-electron chi connectivity index (χ0n) is 12.6.